The number of benzene rings is 1. The van der Waals surface area contributed by atoms with Crippen LogP contribution in [0.15, 0.2) is 24.3 Å². The van der Waals surface area contributed by atoms with Gasteiger partial charge in [0.15, 0.2) is 0 Å². The van der Waals surface area contributed by atoms with E-state index in [4.69, 9.17) is 7.85 Å². The standard InChI is InChI=1S/C15H22BNO/c1-2-3-4-5-13-6-8-14(9-7-13)12-17-15(18)10-11-16/h6-9H,2-5,10-12H2,1H3,(H,17,18). The van der Waals surface area contributed by atoms with Crippen molar-refractivity contribution in [2.45, 2.75) is 51.9 Å². The molecule has 18 heavy (non-hydrogen) atoms. The molecular weight excluding hydrogens is 221 g/mol. The van der Waals surface area contributed by atoms with Crippen LogP contribution in [0.25, 0.3) is 0 Å². The molecule has 0 unspecified atom stereocenters. The number of aryl methyl sites for hydroxylation is 1. The Balaban J connectivity index is 2.33. The Morgan fingerprint density at radius 1 is 1.17 bits per heavy atom. The van der Waals surface area contributed by atoms with Crippen molar-refractivity contribution < 1.29 is 4.79 Å². The summed E-state index contributed by atoms with van der Waals surface area (Å²) < 4.78 is 0. The summed E-state index contributed by atoms with van der Waals surface area (Å²) in [6.07, 6.45) is 5.75. The van der Waals surface area contributed by atoms with E-state index in [2.05, 4.69) is 36.5 Å². The SMILES string of the molecule is [B]CCC(=O)NCc1ccc(CCCCC)cc1. The van der Waals surface area contributed by atoms with Crippen LogP contribution in [0.2, 0.25) is 6.32 Å². The van der Waals surface area contributed by atoms with E-state index in [0.717, 1.165) is 12.0 Å². The summed E-state index contributed by atoms with van der Waals surface area (Å²) in [7, 11) is 5.32. The molecule has 0 fully saturated rings. The lowest BCUT2D eigenvalue weighted by Gasteiger charge is -2.06. The van der Waals surface area contributed by atoms with Crippen molar-refractivity contribution in [2.75, 3.05) is 0 Å². The van der Waals surface area contributed by atoms with Gasteiger partial charge in [0.2, 0.25) is 5.91 Å². The first-order valence-corrected chi connectivity index (χ1v) is 6.81. The molecule has 96 valence electrons. The van der Waals surface area contributed by atoms with Crippen LogP contribution in [0.5, 0.6) is 0 Å². The molecule has 1 aromatic rings. The minimum Gasteiger partial charge on any atom is -0.352 e. The Kier molecular flexibility index (Phi) is 7.23. The highest BCUT2D eigenvalue weighted by Gasteiger charge is 1.99. The zero-order valence-corrected chi connectivity index (χ0v) is 11.2. The second-order valence-electron chi connectivity index (χ2n) is 4.59. The molecule has 0 atom stereocenters. The molecule has 0 aromatic heterocycles. The number of rotatable bonds is 8. The van der Waals surface area contributed by atoms with Gasteiger partial charge >= 0.3 is 0 Å². The van der Waals surface area contributed by atoms with E-state index >= 15 is 0 Å². The summed E-state index contributed by atoms with van der Waals surface area (Å²) in [5.41, 5.74) is 2.51. The lowest BCUT2D eigenvalue weighted by Crippen LogP contribution is -2.22. The molecule has 0 aliphatic rings. The molecule has 1 amide bonds. The molecule has 0 bridgehead atoms. The number of hydrogen-bond donors (Lipinski definition) is 1. The minimum atomic E-state index is 0.0181. The third kappa shape index (κ3) is 5.90. The van der Waals surface area contributed by atoms with Crippen LogP contribution in [-0.4, -0.2) is 13.8 Å². The van der Waals surface area contributed by atoms with Crippen LogP contribution in [-0.2, 0) is 17.8 Å². The fourth-order valence-corrected chi connectivity index (χ4v) is 1.82. The van der Waals surface area contributed by atoms with Gasteiger partial charge in [-0.3, -0.25) is 4.79 Å². The Labute approximate surface area is 112 Å². The van der Waals surface area contributed by atoms with Crippen LogP contribution in [0.1, 0.15) is 43.7 Å². The third-order valence-corrected chi connectivity index (χ3v) is 2.95. The van der Waals surface area contributed by atoms with Gasteiger partial charge in [0.25, 0.3) is 0 Å². The smallest absolute Gasteiger partial charge is 0.219 e. The molecule has 3 heteroatoms. The summed E-state index contributed by atoms with van der Waals surface area (Å²) in [6.45, 7) is 2.81. The summed E-state index contributed by atoms with van der Waals surface area (Å²) in [5, 5.41) is 2.85. The molecular formula is C15H22BNO. The second-order valence-corrected chi connectivity index (χ2v) is 4.59. The minimum absolute atomic E-state index is 0.0181. The van der Waals surface area contributed by atoms with E-state index in [-0.39, 0.29) is 5.91 Å². The normalized spacial score (nSPS) is 10.3. The first kappa shape index (κ1) is 14.8. The molecule has 0 heterocycles. The van der Waals surface area contributed by atoms with E-state index in [1.807, 2.05) is 0 Å². The Morgan fingerprint density at radius 3 is 2.44 bits per heavy atom. The van der Waals surface area contributed by atoms with E-state index in [0.29, 0.717) is 19.3 Å². The van der Waals surface area contributed by atoms with Crippen LogP contribution in [0, 0.1) is 0 Å². The predicted molar refractivity (Wildman–Crippen MR) is 76.7 cm³/mol. The number of unbranched alkanes of at least 4 members (excludes halogenated alkanes) is 2. The summed E-state index contributed by atoms with van der Waals surface area (Å²) in [4.78, 5) is 11.3. The zero-order valence-electron chi connectivity index (χ0n) is 11.2. The molecule has 0 aliphatic carbocycles. The third-order valence-electron chi connectivity index (χ3n) is 2.95. The number of nitrogens with one attached hydrogen (secondary N) is 1. The van der Waals surface area contributed by atoms with Gasteiger partial charge in [0.1, 0.15) is 0 Å². The number of carbonyl (C=O) groups is 1. The lowest BCUT2D eigenvalue weighted by atomic mass is 10.0. The van der Waals surface area contributed by atoms with Crippen LogP contribution in [0.3, 0.4) is 0 Å². The van der Waals surface area contributed by atoms with Crippen molar-refractivity contribution in [3.63, 3.8) is 0 Å². The van der Waals surface area contributed by atoms with Crippen molar-refractivity contribution in [3.8, 4) is 0 Å². The maximum atomic E-state index is 11.3. The molecule has 0 saturated carbocycles. The van der Waals surface area contributed by atoms with Gasteiger partial charge in [0.05, 0.1) is 7.85 Å². The summed E-state index contributed by atoms with van der Waals surface area (Å²) >= 11 is 0. The average molecular weight is 243 g/mol. The molecule has 1 aromatic carbocycles. The topological polar surface area (TPSA) is 29.1 Å². The van der Waals surface area contributed by atoms with Gasteiger partial charge in [-0.2, -0.15) is 0 Å². The van der Waals surface area contributed by atoms with E-state index in [1.165, 1.54) is 24.8 Å². The molecule has 0 spiro atoms. The monoisotopic (exact) mass is 243 g/mol. The summed E-state index contributed by atoms with van der Waals surface area (Å²) in [5.74, 6) is 0.0181. The highest BCUT2D eigenvalue weighted by atomic mass is 16.1. The second kappa shape index (κ2) is 8.79. The van der Waals surface area contributed by atoms with Gasteiger partial charge in [0, 0.05) is 13.0 Å². The van der Waals surface area contributed by atoms with Crippen molar-refractivity contribution in [1.82, 2.24) is 5.32 Å². The largest absolute Gasteiger partial charge is 0.352 e. The van der Waals surface area contributed by atoms with Gasteiger partial charge in [-0.05, 0) is 24.0 Å². The molecule has 0 saturated heterocycles. The molecule has 2 radical (unpaired) electrons. The Bertz CT molecular complexity index is 348. The van der Waals surface area contributed by atoms with Crippen LogP contribution >= 0.6 is 0 Å². The maximum absolute atomic E-state index is 11.3. The molecule has 2 nitrogen and oxygen atoms in total. The highest BCUT2D eigenvalue weighted by molar-refractivity contribution is 6.09. The average Bonchev–Trinajstić information content (AvgIpc) is 2.38. The molecule has 1 N–H and O–H groups in total. The van der Waals surface area contributed by atoms with Gasteiger partial charge in [-0.15, -0.1) is 0 Å². The molecule has 1 rings (SSSR count). The predicted octanol–water partition coefficient (Wildman–Crippen LogP) is 3.01. The Hall–Kier alpha value is -1.25. The van der Waals surface area contributed by atoms with Crippen molar-refractivity contribution in [2.24, 2.45) is 0 Å². The first-order valence-electron chi connectivity index (χ1n) is 6.81. The fourth-order valence-electron chi connectivity index (χ4n) is 1.82. The number of carbonyl (C=O) groups excluding carboxylic acids is 1. The zero-order chi connectivity index (χ0) is 13.2. The summed E-state index contributed by atoms with van der Waals surface area (Å²) in [6, 6.07) is 8.48. The lowest BCUT2D eigenvalue weighted by molar-refractivity contribution is -0.120. The number of hydrogen-bond acceptors (Lipinski definition) is 1. The van der Waals surface area contributed by atoms with E-state index in [1.54, 1.807) is 0 Å². The highest BCUT2D eigenvalue weighted by Crippen LogP contribution is 2.08. The van der Waals surface area contributed by atoms with Gasteiger partial charge < -0.3 is 5.32 Å². The van der Waals surface area contributed by atoms with Crippen LogP contribution < -0.4 is 5.32 Å². The van der Waals surface area contributed by atoms with Gasteiger partial charge in [-0.1, -0.05) is 50.4 Å². The van der Waals surface area contributed by atoms with Crippen molar-refractivity contribution in [3.05, 3.63) is 35.4 Å². The van der Waals surface area contributed by atoms with Crippen molar-refractivity contribution >= 4 is 13.8 Å². The van der Waals surface area contributed by atoms with Crippen LogP contribution in [0.4, 0.5) is 0 Å². The van der Waals surface area contributed by atoms with E-state index in [9.17, 15) is 4.79 Å². The van der Waals surface area contributed by atoms with Crippen molar-refractivity contribution in [1.29, 1.82) is 0 Å². The molecule has 0 aliphatic heterocycles. The fraction of sp³-hybridized carbons (Fsp3) is 0.533. The van der Waals surface area contributed by atoms with E-state index < -0.39 is 0 Å². The quantitative estimate of drug-likeness (QED) is 0.552. The Morgan fingerprint density at radius 2 is 1.83 bits per heavy atom. The number of amides is 1. The van der Waals surface area contributed by atoms with Gasteiger partial charge in [-0.25, -0.2) is 0 Å². The first-order chi connectivity index (χ1) is 8.76. The maximum Gasteiger partial charge on any atom is 0.219 e.